The van der Waals surface area contributed by atoms with Crippen molar-refractivity contribution in [2.45, 2.75) is 23.8 Å². The molecule has 0 bridgehead atoms. The molecular weight excluding hydrogens is 801 g/mol. The van der Waals surface area contributed by atoms with Crippen LogP contribution in [0.5, 0.6) is 11.5 Å². The molecule has 0 fully saturated rings. The zero-order valence-corrected chi connectivity index (χ0v) is 36.0. The number of ether oxygens (including phenoxy) is 3. The monoisotopic (exact) mass is 855 g/mol. The molecule has 6 aromatic carbocycles. The van der Waals surface area contributed by atoms with Crippen molar-refractivity contribution >= 4 is 18.6 Å². The van der Waals surface area contributed by atoms with Crippen LogP contribution in [-0.4, -0.2) is 86.1 Å². The Morgan fingerprint density at radius 1 is 0.578 bits per heavy atom. The fourth-order valence-corrected chi connectivity index (χ4v) is 8.93. The maximum atomic E-state index is 12.4. The number of aryl methyl sites for hydroxylation is 1. The second-order valence-corrected chi connectivity index (χ2v) is 15.5. The van der Waals surface area contributed by atoms with Gasteiger partial charge in [-0.25, -0.2) is 0 Å². The van der Waals surface area contributed by atoms with Gasteiger partial charge in [0.05, 0.1) is 58.9 Å². The molecule has 0 saturated carbocycles. The number of hydrogen-bond donors (Lipinski definition) is 0. The summed E-state index contributed by atoms with van der Waals surface area (Å²) in [7, 11) is 4.74. The molecular formula is C53H52N6O5. The number of nitrogens with zero attached hydrogens (tertiary/aromatic N) is 6. The highest BCUT2D eigenvalue weighted by atomic mass is 16.5. The molecule has 0 spiro atoms. The highest BCUT2D eigenvalue weighted by Crippen LogP contribution is 2.45. The summed E-state index contributed by atoms with van der Waals surface area (Å²) in [6.45, 7) is -0.610. The Labute approximate surface area is 378 Å². The number of carbonyl (C=O) groups excluding carboxylic acids is 1. The lowest BCUT2D eigenvalue weighted by Crippen LogP contribution is -2.52. The normalized spacial score (nSPS) is 17.0. The lowest BCUT2D eigenvalue weighted by Gasteiger charge is -2.46. The summed E-state index contributed by atoms with van der Waals surface area (Å²) in [4.78, 5) is 30.2. The number of benzene rings is 6. The first-order valence-electron chi connectivity index (χ1n) is 22.6. The minimum atomic E-state index is -2.43. The first kappa shape index (κ1) is 39.3. The molecule has 0 radical (unpaired) electrons. The molecule has 324 valence electrons. The summed E-state index contributed by atoms with van der Waals surface area (Å²) < 4.78 is 44.1. The van der Waals surface area contributed by atoms with E-state index in [0.29, 0.717) is 26.2 Å². The van der Waals surface area contributed by atoms with E-state index >= 15 is 0 Å². The van der Waals surface area contributed by atoms with Crippen molar-refractivity contribution in [1.82, 2.24) is 19.9 Å². The molecule has 0 aliphatic carbocycles. The van der Waals surface area contributed by atoms with Crippen LogP contribution < -0.4 is 9.47 Å². The van der Waals surface area contributed by atoms with Crippen molar-refractivity contribution in [1.29, 1.82) is 0 Å². The summed E-state index contributed by atoms with van der Waals surface area (Å²) in [5.74, 6) is 0.690. The highest BCUT2D eigenvalue weighted by Gasteiger charge is 2.45. The zero-order valence-electron chi connectivity index (χ0n) is 39.0. The van der Waals surface area contributed by atoms with E-state index in [9.17, 15) is 4.79 Å². The summed E-state index contributed by atoms with van der Waals surface area (Å²) in [5.41, 5.74) is 4.97. The number of aliphatic imine (C=N–C) groups is 2. The van der Waals surface area contributed by atoms with E-state index < -0.39 is 17.9 Å². The number of methoxy groups -OCH3 is 3. The number of carbonyl (C=O) groups is 1. The van der Waals surface area contributed by atoms with E-state index in [4.69, 9.17) is 22.8 Å². The minimum Gasteiger partial charge on any atom is -0.497 e. The summed E-state index contributed by atoms with van der Waals surface area (Å²) in [6, 6.07) is 57.3. The van der Waals surface area contributed by atoms with Gasteiger partial charge in [0, 0.05) is 17.2 Å². The van der Waals surface area contributed by atoms with Gasteiger partial charge in [0.25, 0.3) is 0 Å². The Balaban J connectivity index is 0.000000184. The average Bonchev–Trinajstić information content (AvgIpc) is 3.91. The number of rotatable bonds is 12. The van der Waals surface area contributed by atoms with E-state index in [1.807, 2.05) is 110 Å². The Hall–Kier alpha value is -7.53. The maximum Gasteiger partial charge on any atom is 0.312 e. The van der Waals surface area contributed by atoms with Crippen LogP contribution in [-0.2, 0) is 20.6 Å². The largest absolute Gasteiger partial charge is 0.497 e. The number of aromatic nitrogens is 2. The van der Waals surface area contributed by atoms with Crippen LogP contribution in [0.4, 0.5) is 0 Å². The molecule has 9 rings (SSSR count). The molecule has 11 nitrogen and oxygen atoms in total. The van der Waals surface area contributed by atoms with E-state index in [2.05, 4.69) is 103 Å². The lowest BCUT2D eigenvalue weighted by molar-refractivity contribution is -0.145. The van der Waals surface area contributed by atoms with Crippen molar-refractivity contribution in [2.24, 2.45) is 15.9 Å². The topological polar surface area (TPSA) is 115 Å². The van der Waals surface area contributed by atoms with Gasteiger partial charge in [0.15, 0.2) is 5.82 Å². The van der Waals surface area contributed by atoms with Crippen LogP contribution in [0.3, 0.4) is 0 Å². The zero-order chi connectivity index (χ0) is 46.9. The number of hydrogen-bond acceptors (Lipinski definition) is 11. The average molecular weight is 856 g/mol. The summed E-state index contributed by atoms with van der Waals surface area (Å²) in [5, 5.41) is 3.71. The van der Waals surface area contributed by atoms with Gasteiger partial charge in [-0.3, -0.25) is 14.8 Å². The molecule has 3 heterocycles. The molecule has 0 amide bonds. The molecule has 0 saturated heterocycles. The van der Waals surface area contributed by atoms with Crippen molar-refractivity contribution in [2.75, 3.05) is 47.5 Å². The van der Waals surface area contributed by atoms with Gasteiger partial charge in [0.1, 0.15) is 22.6 Å². The third kappa shape index (κ3) is 8.49. The van der Waals surface area contributed by atoms with Gasteiger partial charge in [-0.2, -0.15) is 4.98 Å². The molecule has 64 heavy (non-hydrogen) atoms. The van der Waals surface area contributed by atoms with Gasteiger partial charge in [0.2, 0.25) is 5.89 Å². The van der Waals surface area contributed by atoms with Gasteiger partial charge in [-0.15, -0.1) is 0 Å². The summed E-state index contributed by atoms with van der Waals surface area (Å²) in [6.07, 6.45) is 3.73. The Morgan fingerprint density at radius 2 is 0.984 bits per heavy atom. The molecule has 2 aliphatic heterocycles. The fraction of sp³-hybridized carbons (Fsp3) is 0.226. The van der Waals surface area contributed by atoms with E-state index in [-0.39, 0.29) is 29.5 Å². The predicted octanol–water partition coefficient (Wildman–Crippen LogP) is 8.93. The van der Waals surface area contributed by atoms with Crippen molar-refractivity contribution in [3.63, 3.8) is 0 Å². The first-order chi connectivity index (χ1) is 32.6. The standard InChI is InChI=1S/C27H26N4O2.C26H26N2O3/c1-20-29-26(33-30-20)21-17-28-19-31(18-21)27(22-9-5-3-6-10-22,23-11-7-4-8-12-23)24-13-15-25(32-2)16-14-24;1-30-24-15-13-23(14-16-24)26(21-9-5-3-6-10-21,22-11-7-4-8-12-22)28-18-20(17-27-19-28)25(29)31-2/h3-16,19,21H,17-18H2,1-2H3;3-16,19-20H,17-18H2,1-2H3/i1D3;. The van der Waals surface area contributed by atoms with Crippen LogP contribution in [0.15, 0.2) is 184 Å². The second kappa shape index (κ2) is 19.7. The smallest absolute Gasteiger partial charge is 0.312 e. The van der Waals surface area contributed by atoms with E-state index in [1.54, 1.807) is 14.2 Å². The van der Waals surface area contributed by atoms with E-state index in [1.165, 1.54) is 7.11 Å². The van der Waals surface area contributed by atoms with E-state index in [0.717, 1.165) is 44.9 Å². The van der Waals surface area contributed by atoms with Gasteiger partial charge >= 0.3 is 5.97 Å². The SMILES string of the molecule is COC(=O)C1CN=CN(C(c2ccccc2)(c2ccccc2)c2ccc(OC)cc2)C1.[2H]C([2H])([2H])c1noc(C2CN=CN(C(c3ccccc3)(c3ccccc3)c3ccc(OC)cc3)C2)n1. The molecule has 0 N–H and O–H groups in total. The minimum absolute atomic E-state index is 0.244. The molecule has 1 aromatic heterocycles. The third-order valence-electron chi connectivity index (χ3n) is 11.9. The van der Waals surface area contributed by atoms with Crippen molar-refractivity contribution in [3.8, 4) is 11.5 Å². The Morgan fingerprint density at radius 3 is 1.38 bits per heavy atom. The molecule has 2 aliphatic rings. The lowest BCUT2D eigenvalue weighted by atomic mass is 9.75. The first-order valence-corrected chi connectivity index (χ1v) is 21.1. The molecule has 2 unspecified atom stereocenters. The van der Waals surface area contributed by atoms with Crippen molar-refractivity contribution in [3.05, 3.63) is 215 Å². The van der Waals surface area contributed by atoms with Gasteiger partial charge in [-0.1, -0.05) is 151 Å². The van der Waals surface area contributed by atoms with Gasteiger partial charge in [-0.05, 0) is 64.5 Å². The highest BCUT2D eigenvalue weighted by molar-refractivity contribution is 5.75. The van der Waals surface area contributed by atoms with Gasteiger partial charge < -0.3 is 28.5 Å². The van der Waals surface area contributed by atoms with Crippen LogP contribution in [0.2, 0.25) is 0 Å². The van der Waals surface area contributed by atoms with Crippen molar-refractivity contribution < 1.29 is 27.6 Å². The maximum absolute atomic E-state index is 12.4. The quantitative estimate of drug-likeness (QED) is 0.0878. The van der Waals surface area contributed by atoms with Crippen LogP contribution in [0.1, 0.15) is 55.1 Å². The Kier molecular flexibility index (Phi) is 12.1. The predicted molar refractivity (Wildman–Crippen MR) is 249 cm³/mol. The number of esters is 1. The summed E-state index contributed by atoms with van der Waals surface area (Å²) >= 11 is 0. The van der Waals surface area contributed by atoms with Crippen LogP contribution in [0.25, 0.3) is 0 Å². The molecule has 7 aromatic rings. The fourth-order valence-electron chi connectivity index (χ4n) is 8.93. The Bertz CT molecular complexity index is 2660. The molecule has 11 heteroatoms. The molecule has 2 atom stereocenters. The van der Waals surface area contributed by atoms with Crippen LogP contribution >= 0.6 is 0 Å². The third-order valence-corrected chi connectivity index (χ3v) is 11.9. The van der Waals surface area contributed by atoms with Crippen LogP contribution in [0, 0.1) is 12.8 Å². The second-order valence-electron chi connectivity index (χ2n) is 15.5.